The average Bonchev–Trinajstić information content (AvgIpc) is 2.99. The van der Waals surface area contributed by atoms with Crippen molar-refractivity contribution >= 4 is 11.8 Å². The molecule has 1 aliphatic carbocycles. The van der Waals surface area contributed by atoms with Crippen molar-refractivity contribution in [1.29, 1.82) is 0 Å². The highest BCUT2D eigenvalue weighted by atomic mass is 16.2. The number of nitrogens with one attached hydrogen (secondary N) is 1. The van der Waals surface area contributed by atoms with Gasteiger partial charge in [0.05, 0.1) is 5.54 Å². The normalized spacial score (nSPS) is 18.8. The Labute approximate surface area is 96.4 Å². The fourth-order valence-corrected chi connectivity index (χ4v) is 1.57. The molecule has 1 unspecified atom stereocenters. The molecule has 5 nitrogen and oxygen atoms in total. The van der Waals surface area contributed by atoms with Crippen molar-refractivity contribution in [2.45, 2.75) is 45.2 Å². The number of rotatable bonds is 5. The molecule has 1 saturated carbocycles. The van der Waals surface area contributed by atoms with E-state index in [2.05, 4.69) is 5.32 Å². The summed E-state index contributed by atoms with van der Waals surface area (Å²) in [5.41, 5.74) is 5.03. The van der Waals surface area contributed by atoms with Gasteiger partial charge in [-0.05, 0) is 33.6 Å². The first-order valence-electron chi connectivity index (χ1n) is 5.83. The molecular weight excluding hydrogens is 206 g/mol. The number of nitrogens with zero attached hydrogens (tertiary/aromatic N) is 1. The van der Waals surface area contributed by atoms with Gasteiger partial charge in [0.15, 0.2) is 0 Å². The zero-order valence-electron chi connectivity index (χ0n) is 10.2. The standard InChI is InChI=1S/C11H21N3O2/c1-4-14(5-2)9(15)8(3)13-10(16)11(12)6-7-11/h8H,4-7,12H2,1-3H3,(H,13,16). The Hall–Kier alpha value is -1.10. The quantitative estimate of drug-likeness (QED) is 0.686. The van der Waals surface area contributed by atoms with Crippen LogP contribution in [0.25, 0.3) is 0 Å². The number of likely N-dealkylation sites (N-methyl/N-ethyl adjacent to an activating group) is 1. The number of nitrogens with two attached hydrogens (primary N) is 1. The third-order valence-corrected chi connectivity index (χ3v) is 3.03. The average molecular weight is 227 g/mol. The molecule has 0 bridgehead atoms. The molecule has 0 aliphatic heterocycles. The van der Waals surface area contributed by atoms with Crippen molar-refractivity contribution in [3.05, 3.63) is 0 Å². The molecule has 0 aromatic heterocycles. The minimum absolute atomic E-state index is 0.0531. The minimum atomic E-state index is -0.711. The lowest BCUT2D eigenvalue weighted by atomic mass is 10.2. The summed E-state index contributed by atoms with van der Waals surface area (Å²) in [4.78, 5) is 25.2. The van der Waals surface area contributed by atoms with Gasteiger partial charge < -0.3 is 16.0 Å². The van der Waals surface area contributed by atoms with Crippen molar-refractivity contribution < 1.29 is 9.59 Å². The smallest absolute Gasteiger partial charge is 0.244 e. The first kappa shape index (κ1) is 13.0. The predicted octanol–water partition coefficient (Wildman–Crippen LogP) is -0.149. The molecule has 16 heavy (non-hydrogen) atoms. The van der Waals surface area contributed by atoms with E-state index in [0.717, 1.165) is 0 Å². The van der Waals surface area contributed by atoms with Crippen molar-refractivity contribution in [2.75, 3.05) is 13.1 Å². The molecule has 2 amide bonds. The molecule has 92 valence electrons. The lowest BCUT2D eigenvalue weighted by Crippen LogP contribution is -2.52. The van der Waals surface area contributed by atoms with Crippen molar-refractivity contribution in [1.82, 2.24) is 10.2 Å². The highest BCUT2D eigenvalue weighted by Gasteiger charge is 2.46. The first-order valence-corrected chi connectivity index (χ1v) is 5.83. The number of amides is 2. The zero-order valence-corrected chi connectivity index (χ0v) is 10.2. The van der Waals surface area contributed by atoms with E-state index in [0.29, 0.717) is 25.9 Å². The van der Waals surface area contributed by atoms with Crippen LogP contribution in [0.5, 0.6) is 0 Å². The highest BCUT2D eigenvalue weighted by molar-refractivity contribution is 5.93. The molecule has 1 rings (SSSR count). The topological polar surface area (TPSA) is 75.4 Å². The van der Waals surface area contributed by atoms with Gasteiger partial charge in [-0.25, -0.2) is 0 Å². The Balaban J connectivity index is 2.48. The van der Waals surface area contributed by atoms with Gasteiger partial charge in [-0.1, -0.05) is 0 Å². The van der Waals surface area contributed by atoms with E-state index in [1.165, 1.54) is 0 Å². The molecular formula is C11H21N3O2. The van der Waals surface area contributed by atoms with E-state index >= 15 is 0 Å². The molecule has 0 aromatic rings. The molecule has 0 heterocycles. The fraction of sp³-hybridized carbons (Fsp3) is 0.818. The Bertz CT molecular complexity index is 283. The van der Waals surface area contributed by atoms with Crippen LogP contribution >= 0.6 is 0 Å². The van der Waals surface area contributed by atoms with E-state index in [1.54, 1.807) is 11.8 Å². The van der Waals surface area contributed by atoms with Crippen molar-refractivity contribution in [3.8, 4) is 0 Å². The molecule has 0 aromatic carbocycles. The van der Waals surface area contributed by atoms with E-state index < -0.39 is 11.6 Å². The second kappa shape index (κ2) is 4.82. The van der Waals surface area contributed by atoms with Gasteiger partial charge in [0.25, 0.3) is 0 Å². The zero-order chi connectivity index (χ0) is 12.3. The maximum Gasteiger partial charge on any atom is 0.244 e. The van der Waals surface area contributed by atoms with Gasteiger partial charge in [-0.15, -0.1) is 0 Å². The molecule has 1 atom stereocenters. The summed E-state index contributed by atoms with van der Waals surface area (Å²) in [6.07, 6.45) is 1.43. The maximum absolute atomic E-state index is 11.9. The van der Waals surface area contributed by atoms with Crippen LogP contribution in [0.2, 0.25) is 0 Å². The monoisotopic (exact) mass is 227 g/mol. The molecule has 3 N–H and O–H groups in total. The summed E-state index contributed by atoms with van der Waals surface area (Å²) < 4.78 is 0. The Kier molecular flexibility index (Phi) is 3.91. The van der Waals surface area contributed by atoms with Gasteiger partial charge in [0.1, 0.15) is 6.04 Å². The van der Waals surface area contributed by atoms with Gasteiger partial charge >= 0.3 is 0 Å². The first-order chi connectivity index (χ1) is 7.44. The summed E-state index contributed by atoms with van der Waals surface area (Å²) in [5.74, 6) is -0.261. The van der Waals surface area contributed by atoms with Crippen LogP contribution in [-0.2, 0) is 9.59 Å². The van der Waals surface area contributed by atoms with Gasteiger partial charge in [-0.2, -0.15) is 0 Å². The lowest BCUT2D eigenvalue weighted by molar-refractivity contribution is -0.136. The second-order valence-electron chi connectivity index (χ2n) is 4.36. The molecule has 1 aliphatic rings. The van der Waals surface area contributed by atoms with Crippen LogP contribution in [0.4, 0.5) is 0 Å². The molecule has 5 heteroatoms. The molecule has 1 fully saturated rings. The van der Waals surface area contributed by atoms with Crippen LogP contribution < -0.4 is 11.1 Å². The maximum atomic E-state index is 11.9. The predicted molar refractivity (Wildman–Crippen MR) is 61.7 cm³/mol. The van der Waals surface area contributed by atoms with Crippen LogP contribution in [0.3, 0.4) is 0 Å². The van der Waals surface area contributed by atoms with E-state index in [9.17, 15) is 9.59 Å². The van der Waals surface area contributed by atoms with E-state index in [1.807, 2.05) is 13.8 Å². The second-order valence-corrected chi connectivity index (χ2v) is 4.36. The lowest BCUT2D eigenvalue weighted by Gasteiger charge is -2.24. The number of carbonyl (C=O) groups is 2. The number of carbonyl (C=O) groups excluding carboxylic acids is 2. The minimum Gasteiger partial charge on any atom is -0.343 e. The van der Waals surface area contributed by atoms with Gasteiger partial charge in [0, 0.05) is 13.1 Å². The van der Waals surface area contributed by atoms with E-state index in [-0.39, 0.29) is 11.8 Å². The van der Waals surface area contributed by atoms with E-state index in [4.69, 9.17) is 5.73 Å². The third-order valence-electron chi connectivity index (χ3n) is 3.03. The Morgan fingerprint density at radius 2 is 1.88 bits per heavy atom. The Morgan fingerprint density at radius 1 is 1.38 bits per heavy atom. The molecule has 0 saturated heterocycles. The summed E-state index contributed by atoms with van der Waals surface area (Å²) >= 11 is 0. The summed E-state index contributed by atoms with van der Waals surface area (Å²) in [7, 11) is 0. The molecule has 0 radical (unpaired) electrons. The SMILES string of the molecule is CCN(CC)C(=O)C(C)NC(=O)C1(N)CC1. The van der Waals surface area contributed by atoms with Crippen molar-refractivity contribution in [3.63, 3.8) is 0 Å². The summed E-state index contributed by atoms with van der Waals surface area (Å²) in [5, 5.41) is 2.68. The molecule has 0 spiro atoms. The van der Waals surface area contributed by atoms with Crippen LogP contribution in [0.1, 0.15) is 33.6 Å². The van der Waals surface area contributed by atoms with Crippen LogP contribution in [-0.4, -0.2) is 41.4 Å². The summed E-state index contributed by atoms with van der Waals surface area (Å²) in [6, 6.07) is -0.492. The highest BCUT2D eigenvalue weighted by Crippen LogP contribution is 2.32. The third kappa shape index (κ3) is 2.72. The van der Waals surface area contributed by atoms with Gasteiger partial charge in [0.2, 0.25) is 11.8 Å². The summed E-state index contributed by atoms with van der Waals surface area (Å²) in [6.45, 7) is 6.85. The largest absolute Gasteiger partial charge is 0.343 e. The number of hydrogen-bond donors (Lipinski definition) is 2. The number of hydrogen-bond acceptors (Lipinski definition) is 3. The van der Waals surface area contributed by atoms with Crippen molar-refractivity contribution in [2.24, 2.45) is 5.73 Å². The van der Waals surface area contributed by atoms with Crippen LogP contribution in [0.15, 0.2) is 0 Å². The van der Waals surface area contributed by atoms with Crippen LogP contribution in [0, 0.1) is 0 Å². The Morgan fingerprint density at radius 3 is 2.25 bits per heavy atom. The fourth-order valence-electron chi connectivity index (χ4n) is 1.57. The van der Waals surface area contributed by atoms with Gasteiger partial charge in [-0.3, -0.25) is 9.59 Å².